The third kappa shape index (κ3) is 7.61. The van der Waals surface area contributed by atoms with Gasteiger partial charge in [-0.3, -0.25) is 9.62 Å². The first-order valence-electron chi connectivity index (χ1n) is 13.7. The quantitative estimate of drug-likeness (QED) is 0.272. The topological polar surface area (TPSA) is 102 Å². The van der Waals surface area contributed by atoms with Gasteiger partial charge < -0.3 is 5.32 Å². The molecule has 2 amide bonds. The molecule has 0 heterocycles. The number of carbonyl (C=O) groups is 1. The molecule has 1 aliphatic rings. The van der Waals surface area contributed by atoms with Crippen molar-refractivity contribution in [2.45, 2.75) is 64.3 Å². The Kier molecular flexibility index (Phi) is 9.61. The largest absolute Gasteiger partial charge is 0.326 e. The van der Waals surface area contributed by atoms with E-state index >= 15 is 0 Å². The molecule has 0 aromatic heterocycles. The van der Waals surface area contributed by atoms with Crippen molar-refractivity contribution in [2.24, 2.45) is 0 Å². The van der Waals surface area contributed by atoms with Gasteiger partial charge in [0.2, 0.25) is 10.0 Å². The van der Waals surface area contributed by atoms with Crippen molar-refractivity contribution in [3.8, 4) is 17.2 Å². The first-order chi connectivity index (χ1) is 18.9. The van der Waals surface area contributed by atoms with Crippen LogP contribution in [-0.4, -0.2) is 26.2 Å². The standard InChI is InChI=1S/C31H36N4O3S/c1-2-3-21-39(37,38)34-30-16-9-8-15-29(30)25-17-19-26(20-18-25)33-31(36)35(27-12-6-4-5-7-13-27)28-14-10-11-24(22-28)23-32/h8-11,14-20,22,27,34H,2-7,12-13,21H2,1H3,(H,33,36). The maximum atomic E-state index is 13.6. The fraction of sp³-hybridized carbons (Fsp3) is 0.355. The number of carbonyl (C=O) groups excluding carboxylic acids is 1. The molecule has 2 N–H and O–H groups in total. The molecular formula is C31H36N4O3S. The van der Waals surface area contributed by atoms with Crippen molar-refractivity contribution in [1.29, 1.82) is 5.26 Å². The highest BCUT2D eigenvalue weighted by atomic mass is 32.2. The number of rotatable bonds is 9. The molecule has 3 aromatic rings. The number of nitrogens with one attached hydrogen (secondary N) is 2. The van der Waals surface area contributed by atoms with Gasteiger partial charge in [0.05, 0.1) is 23.1 Å². The predicted octanol–water partition coefficient (Wildman–Crippen LogP) is 7.53. The van der Waals surface area contributed by atoms with Crippen LogP contribution in [0.3, 0.4) is 0 Å². The monoisotopic (exact) mass is 544 g/mol. The Labute approximate surface area is 231 Å². The summed E-state index contributed by atoms with van der Waals surface area (Å²) in [6.07, 6.45) is 7.74. The first kappa shape index (κ1) is 28.2. The zero-order valence-electron chi connectivity index (χ0n) is 22.4. The predicted molar refractivity (Wildman–Crippen MR) is 158 cm³/mol. The first-order valence-corrected chi connectivity index (χ1v) is 15.4. The molecule has 0 saturated heterocycles. The van der Waals surface area contributed by atoms with Gasteiger partial charge in [-0.15, -0.1) is 0 Å². The van der Waals surface area contributed by atoms with Gasteiger partial charge in [-0.05, 0) is 61.2 Å². The van der Waals surface area contributed by atoms with Crippen LogP contribution >= 0.6 is 0 Å². The van der Waals surface area contributed by atoms with E-state index < -0.39 is 10.0 Å². The second-order valence-electron chi connectivity index (χ2n) is 10.0. The van der Waals surface area contributed by atoms with E-state index in [4.69, 9.17) is 0 Å². The zero-order valence-corrected chi connectivity index (χ0v) is 23.2. The lowest BCUT2D eigenvalue weighted by Gasteiger charge is -2.31. The number of unbranched alkanes of at least 4 members (excludes halogenated alkanes) is 1. The maximum Gasteiger partial charge on any atom is 0.326 e. The smallest absolute Gasteiger partial charge is 0.308 e. The summed E-state index contributed by atoms with van der Waals surface area (Å²) in [5.41, 5.74) is 4.02. The molecule has 0 unspecified atom stereocenters. The summed E-state index contributed by atoms with van der Waals surface area (Å²) in [6.45, 7) is 1.96. The van der Waals surface area contributed by atoms with Crippen LogP contribution in [0.25, 0.3) is 11.1 Å². The van der Waals surface area contributed by atoms with Crippen molar-refractivity contribution < 1.29 is 13.2 Å². The Hall–Kier alpha value is -3.83. The third-order valence-corrected chi connectivity index (χ3v) is 8.43. The van der Waals surface area contributed by atoms with Crippen molar-refractivity contribution >= 4 is 33.1 Å². The van der Waals surface area contributed by atoms with E-state index in [1.54, 1.807) is 29.2 Å². The molecule has 8 heteroatoms. The average Bonchev–Trinajstić information content (AvgIpc) is 3.22. The second kappa shape index (κ2) is 13.3. The molecule has 0 radical (unpaired) electrons. The Morgan fingerprint density at radius 1 is 0.974 bits per heavy atom. The molecule has 0 bridgehead atoms. The Morgan fingerprint density at radius 3 is 2.38 bits per heavy atom. The molecule has 3 aromatic carbocycles. The molecule has 4 rings (SSSR count). The maximum absolute atomic E-state index is 13.6. The second-order valence-corrected chi connectivity index (χ2v) is 11.8. The van der Waals surface area contributed by atoms with Crippen LogP contribution < -0.4 is 14.9 Å². The van der Waals surface area contributed by atoms with E-state index in [2.05, 4.69) is 16.1 Å². The summed E-state index contributed by atoms with van der Waals surface area (Å²) < 4.78 is 27.7. The molecular weight excluding hydrogens is 508 g/mol. The number of hydrogen-bond acceptors (Lipinski definition) is 4. The minimum Gasteiger partial charge on any atom is -0.308 e. The molecule has 1 fully saturated rings. The summed E-state index contributed by atoms with van der Waals surface area (Å²) in [6, 6.07) is 23.9. The molecule has 204 valence electrons. The number of anilines is 3. The number of sulfonamides is 1. The number of nitriles is 1. The summed E-state index contributed by atoms with van der Waals surface area (Å²) in [7, 11) is -3.44. The molecule has 0 atom stereocenters. The Balaban J connectivity index is 1.55. The molecule has 1 saturated carbocycles. The van der Waals surface area contributed by atoms with E-state index in [0.29, 0.717) is 23.4 Å². The van der Waals surface area contributed by atoms with Gasteiger partial charge in [0.1, 0.15) is 0 Å². The molecule has 0 aliphatic heterocycles. The summed E-state index contributed by atoms with van der Waals surface area (Å²) in [4.78, 5) is 15.4. The van der Waals surface area contributed by atoms with E-state index in [-0.39, 0.29) is 17.8 Å². The number of urea groups is 1. The number of para-hydroxylation sites is 1. The highest BCUT2D eigenvalue weighted by Gasteiger charge is 2.26. The van der Waals surface area contributed by atoms with Crippen molar-refractivity contribution in [3.63, 3.8) is 0 Å². The van der Waals surface area contributed by atoms with Gasteiger partial charge in [0.25, 0.3) is 0 Å². The molecule has 1 aliphatic carbocycles. The van der Waals surface area contributed by atoms with E-state index in [0.717, 1.165) is 48.9 Å². The lowest BCUT2D eigenvalue weighted by molar-refractivity contribution is 0.254. The molecule has 39 heavy (non-hydrogen) atoms. The van der Waals surface area contributed by atoms with Gasteiger partial charge in [0, 0.05) is 23.0 Å². The van der Waals surface area contributed by atoms with Crippen LogP contribution in [0.5, 0.6) is 0 Å². The van der Waals surface area contributed by atoms with E-state index in [1.165, 1.54) is 12.8 Å². The highest BCUT2D eigenvalue weighted by Crippen LogP contribution is 2.31. The van der Waals surface area contributed by atoms with Crippen LogP contribution in [0.4, 0.5) is 21.9 Å². The normalized spacial score (nSPS) is 14.2. The Morgan fingerprint density at radius 2 is 1.69 bits per heavy atom. The highest BCUT2D eigenvalue weighted by molar-refractivity contribution is 7.92. The lowest BCUT2D eigenvalue weighted by atomic mass is 10.0. The van der Waals surface area contributed by atoms with Gasteiger partial charge in [-0.2, -0.15) is 5.26 Å². The van der Waals surface area contributed by atoms with Crippen molar-refractivity contribution in [3.05, 3.63) is 78.4 Å². The minimum atomic E-state index is -3.44. The molecule has 7 nitrogen and oxygen atoms in total. The fourth-order valence-electron chi connectivity index (χ4n) is 5.03. The summed E-state index contributed by atoms with van der Waals surface area (Å²) in [5.74, 6) is 0.0809. The van der Waals surface area contributed by atoms with E-state index in [9.17, 15) is 18.5 Å². The van der Waals surface area contributed by atoms with Crippen LogP contribution in [0.15, 0.2) is 72.8 Å². The van der Waals surface area contributed by atoms with Crippen LogP contribution in [0, 0.1) is 11.3 Å². The Bertz CT molecular complexity index is 1410. The van der Waals surface area contributed by atoms with Gasteiger partial charge in [-0.25, -0.2) is 13.2 Å². The average molecular weight is 545 g/mol. The van der Waals surface area contributed by atoms with Crippen molar-refractivity contribution in [2.75, 3.05) is 20.7 Å². The van der Waals surface area contributed by atoms with Gasteiger partial charge in [-0.1, -0.05) is 75.4 Å². The SMILES string of the molecule is CCCCS(=O)(=O)Nc1ccccc1-c1ccc(NC(=O)N(c2cccc(C#N)c2)C2CCCCCC2)cc1. The summed E-state index contributed by atoms with van der Waals surface area (Å²) >= 11 is 0. The number of benzene rings is 3. The number of hydrogen-bond donors (Lipinski definition) is 2. The van der Waals surface area contributed by atoms with Gasteiger partial charge >= 0.3 is 6.03 Å². The zero-order chi connectivity index (χ0) is 27.7. The third-order valence-electron chi connectivity index (χ3n) is 7.07. The van der Waals surface area contributed by atoms with Gasteiger partial charge in [0.15, 0.2) is 0 Å². The molecule has 0 spiro atoms. The lowest BCUT2D eigenvalue weighted by Crippen LogP contribution is -2.43. The van der Waals surface area contributed by atoms with Crippen LogP contribution in [0.2, 0.25) is 0 Å². The number of amides is 2. The summed E-state index contributed by atoms with van der Waals surface area (Å²) in [5, 5.41) is 12.4. The van der Waals surface area contributed by atoms with Crippen LogP contribution in [-0.2, 0) is 10.0 Å². The minimum absolute atomic E-state index is 0.0633. The number of nitrogens with zero attached hydrogens (tertiary/aromatic N) is 2. The van der Waals surface area contributed by atoms with Crippen molar-refractivity contribution in [1.82, 2.24) is 0 Å². The van der Waals surface area contributed by atoms with Crippen LogP contribution in [0.1, 0.15) is 63.9 Å². The van der Waals surface area contributed by atoms with E-state index in [1.807, 2.05) is 55.5 Å². The fourth-order valence-corrected chi connectivity index (χ4v) is 6.31.